The molecular formula is C15H27N3O2. The van der Waals surface area contributed by atoms with E-state index in [1.165, 1.54) is 0 Å². The van der Waals surface area contributed by atoms with Gasteiger partial charge in [0, 0.05) is 32.7 Å². The normalized spacial score (nSPS) is 21.6. The van der Waals surface area contributed by atoms with Crippen molar-refractivity contribution in [3.63, 3.8) is 0 Å². The smallest absolute Gasteiger partial charge is 0.238 e. The van der Waals surface area contributed by atoms with Crippen LogP contribution in [0.5, 0.6) is 0 Å². The van der Waals surface area contributed by atoms with E-state index in [4.69, 9.17) is 0 Å². The molecule has 114 valence electrons. The number of nitrogens with zero attached hydrogens (tertiary/aromatic N) is 2. The monoisotopic (exact) mass is 281 g/mol. The van der Waals surface area contributed by atoms with Crippen LogP contribution in [0.1, 0.15) is 39.5 Å². The summed E-state index contributed by atoms with van der Waals surface area (Å²) in [6.07, 6.45) is 3.47. The van der Waals surface area contributed by atoms with Crippen LogP contribution in [-0.2, 0) is 9.59 Å². The first-order chi connectivity index (χ1) is 9.64. The minimum Gasteiger partial charge on any atom is -0.355 e. The molecule has 1 saturated carbocycles. The van der Waals surface area contributed by atoms with Crippen molar-refractivity contribution in [2.45, 2.75) is 39.5 Å². The molecule has 0 radical (unpaired) electrons. The summed E-state index contributed by atoms with van der Waals surface area (Å²) in [5.74, 6) is 0.0103. The van der Waals surface area contributed by atoms with E-state index < -0.39 is 5.41 Å². The molecule has 1 heterocycles. The lowest BCUT2D eigenvalue weighted by Crippen LogP contribution is -2.53. The Kier molecular flexibility index (Phi) is 5.02. The highest BCUT2D eigenvalue weighted by molar-refractivity contribution is 6.07. The third-order valence-corrected chi connectivity index (χ3v) is 4.52. The lowest BCUT2D eigenvalue weighted by Gasteiger charge is -2.35. The molecule has 1 aliphatic carbocycles. The first-order valence-electron chi connectivity index (χ1n) is 7.94. The average molecular weight is 281 g/mol. The van der Waals surface area contributed by atoms with E-state index in [-0.39, 0.29) is 11.8 Å². The van der Waals surface area contributed by atoms with E-state index in [1.807, 2.05) is 4.90 Å². The minimum absolute atomic E-state index is 0.0473. The molecule has 0 atom stereocenters. The number of unbranched alkanes of at least 4 members (excludes halogenated alkanes) is 1. The van der Waals surface area contributed by atoms with Crippen LogP contribution in [0.3, 0.4) is 0 Å². The van der Waals surface area contributed by atoms with Crippen LogP contribution in [0.2, 0.25) is 0 Å². The summed E-state index contributed by atoms with van der Waals surface area (Å²) in [4.78, 5) is 29.1. The molecule has 0 aromatic carbocycles. The van der Waals surface area contributed by atoms with Crippen LogP contribution in [0.15, 0.2) is 0 Å². The molecule has 0 unspecified atom stereocenters. The van der Waals surface area contributed by atoms with Gasteiger partial charge < -0.3 is 15.1 Å². The molecule has 5 heteroatoms. The molecule has 0 spiro atoms. The first kappa shape index (κ1) is 15.3. The van der Waals surface area contributed by atoms with E-state index in [1.54, 1.807) is 0 Å². The van der Waals surface area contributed by atoms with Gasteiger partial charge in [0.1, 0.15) is 5.41 Å². The Bertz CT molecular complexity index is 358. The zero-order valence-electron chi connectivity index (χ0n) is 12.8. The molecule has 1 saturated heterocycles. The van der Waals surface area contributed by atoms with Gasteiger partial charge in [-0.05, 0) is 25.8 Å². The summed E-state index contributed by atoms with van der Waals surface area (Å²) in [5, 5.41) is 2.93. The highest BCUT2D eigenvalue weighted by Crippen LogP contribution is 2.47. The predicted octanol–water partition coefficient (Wildman–Crippen LogP) is 0.847. The van der Waals surface area contributed by atoms with Gasteiger partial charge >= 0.3 is 0 Å². The second-order valence-electron chi connectivity index (χ2n) is 5.92. The maximum atomic E-state index is 12.6. The molecule has 2 amide bonds. The largest absolute Gasteiger partial charge is 0.355 e. The van der Waals surface area contributed by atoms with Crippen LogP contribution in [-0.4, -0.2) is 60.9 Å². The van der Waals surface area contributed by atoms with Crippen LogP contribution >= 0.6 is 0 Å². The maximum absolute atomic E-state index is 12.6. The topological polar surface area (TPSA) is 52.7 Å². The number of nitrogens with one attached hydrogen (secondary N) is 1. The van der Waals surface area contributed by atoms with Gasteiger partial charge in [0.05, 0.1) is 0 Å². The number of carbonyl (C=O) groups is 2. The van der Waals surface area contributed by atoms with Crippen LogP contribution in [0.4, 0.5) is 0 Å². The summed E-state index contributed by atoms with van der Waals surface area (Å²) < 4.78 is 0. The summed E-state index contributed by atoms with van der Waals surface area (Å²) in [5.41, 5.74) is -0.720. The van der Waals surface area contributed by atoms with Gasteiger partial charge in [0.15, 0.2) is 0 Å². The second-order valence-corrected chi connectivity index (χ2v) is 5.92. The lowest BCUT2D eigenvalue weighted by molar-refractivity contribution is -0.145. The molecule has 2 aliphatic rings. The van der Waals surface area contributed by atoms with Gasteiger partial charge in [-0.1, -0.05) is 20.3 Å². The van der Waals surface area contributed by atoms with Crippen LogP contribution < -0.4 is 5.32 Å². The molecule has 1 aliphatic heterocycles. The number of carbonyl (C=O) groups excluding carboxylic acids is 2. The maximum Gasteiger partial charge on any atom is 0.238 e. The molecule has 0 aromatic rings. The van der Waals surface area contributed by atoms with E-state index in [0.717, 1.165) is 58.4 Å². The highest BCUT2D eigenvalue weighted by Gasteiger charge is 2.57. The zero-order valence-corrected chi connectivity index (χ0v) is 12.8. The fourth-order valence-corrected chi connectivity index (χ4v) is 2.78. The van der Waals surface area contributed by atoms with E-state index in [0.29, 0.717) is 6.54 Å². The Morgan fingerprint density at radius 1 is 1.10 bits per heavy atom. The molecule has 2 rings (SSSR count). The quantitative estimate of drug-likeness (QED) is 0.580. The Morgan fingerprint density at radius 2 is 1.75 bits per heavy atom. The summed E-state index contributed by atoms with van der Waals surface area (Å²) in [6.45, 7) is 9.33. The van der Waals surface area contributed by atoms with Crippen molar-refractivity contribution in [3.05, 3.63) is 0 Å². The molecular weight excluding hydrogens is 254 g/mol. The minimum atomic E-state index is -0.720. The Hall–Kier alpha value is -1.10. The molecule has 0 aromatic heterocycles. The van der Waals surface area contributed by atoms with Crippen LogP contribution in [0.25, 0.3) is 0 Å². The Balaban J connectivity index is 1.86. The number of amides is 2. The van der Waals surface area contributed by atoms with Gasteiger partial charge in [0.25, 0.3) is 0 Å². The van der Waals surface area contributed by atoms with Gasteiger partial charge in [-0.15, -0.1) is 0 Å². The van der Waals surface area contributed by atoms with Crippen molar-refractivity contribution in [1.29, 1.82) is 0 Å². The van der Waals surface area contributed by atoms with Gasteiger partial charge in [-0.3, -0.25) is 9.59 Å². The Morgan fingerprint density at radius 3 is 2.25 bits per heavy atom. The predicted molar refractivity (Wildman–Crippen MR) is 78.3 cm³/mol. The van der Waals surface area contributed by atoms with Crippen molar-refractivity contribution in [2.24, 2.45) is 5.41 Å². The highest BCUT2D eigenvalue weighted by atomic mass is 16.2. The fraction of sp³-hybridized carbons (Fsp3) is 0.867. The third kappa shape index (κ3) is 3.14. The number of rotatable bonds is 6. The summed E-state index contributed by atoms with van der Waals surface area (Å²) >= 11 is 0. The zero-order chi connectivity index (χ0) is 14.6. The first-order valence-corrected chi connectivity index (χ1v) is 7.94. The number of hydrogen-bond donors (Lipinski definition) is 1. The van der Waals surface area contributed by atoms with Gasteiger partial charge in [-0.25, -0.2) is 0 Å². The SMILES string of the molecule is CCCCNC(=O)C1(C(=O)N2CCN(CC)CC2)CC1. The fourth-order valence-electron chi connectivity index (χ4n) is 2.78. The molecule has 5 nitrogen and oxygen atoms in total. The lowest BCUT2D eigenvalue weighted by atomic mass is 10.0. The third-order valence-electron chi connectivity index (χ3n) is 4.52. The van der Waals surface area contributed by atoms with Crippen molar-refractivity contribution in [2.75, 3.05) is 39.3 Å². The van der Waals surface area contributed by atoms with Crippen molar-refractivity contribution in [3.8, 4) is 0 Å². The van der Waals surface area contributed by atoms with Crippen molar-refractivity contribution >= 4 is 11.8 Å². The van der Waals surface area contributed by atoms with Gasteiger partial charge in [0.2, 0.25) is 11.8 Å². The van der Waals surface area contributed by atoms with Crippen LogP contribution in [0, 0.1) is 5.41 Å². The number of likely N-dealkylation sites (N-methyl/N-ethyl adjacent to an activating group) is 1. The van der Waals surface area contributed by atoms with E-state index in [9.17, 15) is 9.59 Å². The second kappa shape index (κ2) is 6.57. The van der Waals surface area contributed by atoms with Crippen molar-refractivity contribution < 1.29 is 9.59 Å². The molecule has 0 bridgehead atoms. The number of hydrogen-bond acceptors (Lipinski definition) is 3. The Labute approximate surface area is 121 Å². The average Bonchev–Trinajstić information content (AvgIpc) is 3.28. The molecule has 20 heavy (non-hydrogen) atoms. The van der Waals surface area contributed by atoms with Crippen molar-refractivity contribution in [1.82, 2.24) is 15.1 Å². The summed E-state index contributed by atoms with van der Waals surface area (Å²) in [7, 11) is 0. The summed E-state index contributed by atoms with van der Waals surface area (Å²) in [6, 6.07) is 0. The van der Waals surface area contributed by atoms with E-state index >= 15 is 0 Å². The molecule has 2 fully saturated rings. The van der Waals surface area contributed by atoms with E-state index in [2.05, 4.69) is 24.1 Å². The number of piperazine rings is 1. The standard InChI is InChI=1S/C15H27N3O2/c1-3-5-8-16-13(19)15(6-7-15)14(20)18-11-9-17(4-2)10-12-18/h3-12H2,1-2H3,(H,16,19). The van der Waals surface area contributed by atoms with Gasteiger partial charge in [-0.2, -0.15) is 0 Å². The molecule has 1 N–H and O–H groups in total.